The van der Waals surface area contributed by atoms with Crippen molar-refractivity contribution in [1.82, 2.24) is 9.36 Å². The molecule has 114 valence electrons. The summed E-state index contributed by atoms with van der Waals surface area (Å²) in [5.41, 5.74) is 7.91. The van der Waals surface area contributed by atoms with Gasteiger partial charge in [-0.25, -0.2) is 4.98 Å². The predicted molar refractivity (Wildman–Crippen MR) is 89.0 cm³/mol. The fraction of sp³-hybridized carbons (Fsp3) is 0.571. The second kappa shape index (κ2) is 6.29. The molecule has 0 bridgehead atoms. The van der Waals surface area contributed by atoms with E-state index in [0.29, 0.717) is 17.8 Å². The van der Waals surface area contributed by atoms with Crippen molar-refractivity contribution < 1.29 is 4.74 Å². The molecule has 0 aliphatic carbocycles. The number of hydrogen-bond acceptors (Lipinski definition) is 7. The van der Waals surface area contributed by atoms with E-state index in [1.165, 1.54) is 11.5 Å². The molecule has 0 saturated carbocycles. The van der Waals surface area contributed by atoms with E-state index in [0.717, 1.165) is 47.3 Å². The first-order chi connectivity index (χ1) is 10.1. The van der Waals surface area contributed by atoms with Gasteiger partial charge in [0.2, 0.25) is 0 Å². The smallest absolute Gasteiger partial charge is 0.148 e. The molecule has 0 amide bonds. The quantitative estimate of drug-likeness (QED) is 0.902. The second-order valence-electron chi connectivity index (χ2n) is 5.41. The van der Waals surface area contributed by atoms with Crippen LogP contribution >= 0.6 is 22.9 Å². The van der Waals surface area contributed by atoms with Gasteiger partial charge in [0.05, 0.1) is 16.3 Å². The van der Waals surface area contributed by atoms with Crippen molar-refractivity contribution in [2.45, 2.75) is 32.7 Å². The minimum absolute atomic E-state index is 0.382. The van der Waals surface area contributed by atoms with Crippen molar-refractivity contribution in [2.24, 2.45) is 5.92 Å². The molecule has 1 saturated heterocycles. The third-order valence-corrected chi connectivity index (χ3v) is 5.49. The Morgan fingerprint density at radius 3 is 2.86 bits per heavy atom. The summed E-state index contributed by atoms with van der Waals surface area (Å²) in [5.74, 6) is 1.19. The van der Waals surface area contributed by atoms with E-state index in [2.05, 4.69) is 21.6 Å². The summed E-state index contributed by atoms with van der Waals surface area (Å²) >= 11 is 3.05. The standard InChI is InChI=1S/C14H20N4OS2/c1-8(10-3-5-19-6-4-10)16-14-12(13(15)18-21-14)11-7-20-9(2)17-11/h7-8,10,16H,3-6H2,1-2H3,(H2,15,18). The lowest BCUT2D eigenvalue weighted by Gasteiger charge is -2.28. The topological polar surface area (TPSA) is 73.1 Å². The van der Waals surface area contributed by atoms with Gasteiger partial charge in [-0.05, 0) is 44.1 Å². The summed E-state index contributed by atoms with van der Waals surface area (Å²) in [5, 5.41) is 7.70. The number of nitrogen functional groups attached to an aromatic ring is 1. The largest absolute Gasteiger partial charge is 0.382 e. The number of nitrogens with zero attached hydrogens (tertiary/aromatic N) is 2. The number of hydrogen-bond donors (Lipinski definition) is 2. The molecule has 3 N–H and O–H groups in total. The molecule has 7 heteroatoms. The van der Waals surface area contributed by atoms with E-state index in [1.807, 2.05) is 12.3 Å². The van der Waals surface area contributed by atoms with Gasteiger partial charge < -0.3 is 15.8 Å². The molecule has 2 aromatic rings. The van der Waals surface area contributed by atoms with Crippen LogP contribution in [0.4, 0.5) is 10.8 Å². The Labute approximate surface area is 132 Å². The number of anilines is 2. The number of aryl methyl sites for hydroxylation is 1. The van der Waals surface area contributed by atoms with Gasteiger partial charge in [0, 0.05) is 24.6 Å². The van der Waals surface area contributed by atoms with Gasteiger partial charge in [-0.3, -0.25) is 0 Å². The van der Waals surface area contributed by atoms with Crippen molar-refractivity contribution in [2.75, 3.05) is 24.3 Å². The highest BCUT2D eigenvalue weighted by atomic mass is 32.1. The van der Waals surface area contributed by atoms with Crippen molar-refractivity contribution in [3.05, 3.63) is 10.4 Å². The lowest BCUT2D eigenvalue weighted by molar-refractivity contribution is 0.0623. The molecule has 5 nitrogen and oxygen atoms in total. The average molecular weight is 324 g/mol. The minimum Gasteiger partial charge on any atom is -0.382 e. The maximum Gasteiger partial charge on any atom is 0.148 e. The SMILES string of the molecule is Cc1nc(-c2c(N)nsc2NC(C)C2CCOCC2)cs1. The number of ether oxygens (including phenoxy) is 1. The van der Waals surface area contributed by atoms with Gasteiger partial charge in [-0.15, -0.1) is 11.3 Å². The highest BCUT2D eigenvalue weighted by Crippen LogP contribution is 2.38. The molecular formula is C14H20N4OS2. The van der Waals surface area contributed by atoms with Gasteiger partial charge in [0.25, 0.3) is 0 Å². The summed E-state index contributed by atoms with van der Waals surface area (Å²) in [6, 6.07) is 0.382. The zero-order valence-corrected chi connectivity index (χ0v) is 13.9. The normalized spacial score (nSPS) is 17.8. The van der Waals surface area contributed by atoms with Crippen molar-refractivity contribution in [1.29, 1.82) is 0 Å². The molecule has 1 aliphatic heterocycles. The summed E-state index contributed by atoms with van der Waals surface area (Å²) in [6.07, 6.45) is 2.21. The molecule has 0 spiro atoms. The lowest BCUT2D eigenvalue weighted by Crippen LogP contribution is -2.30. The molecule has 1 aliphatic rings. The van der Waals surface area contributed by atoms with Crippen LogP contribution in [0.5, 0.6) is 0 Å². The van der Waals surface area contributed by atoms with Crippen LogP contribution in [0, 0.1) is 12.8 Å². The van der Waals surface area contributed by atoms with Gasteiger partial charge in [0.15, 0.2) is 0 Å². The molecule has 21 heavy (non-hydrogen) atoms. The Kier molecular flexibility index (Phi) is 4.42. The van der Waals surface area contributed by atoms with Crippen LogP contribution in [-0.4, -0.2) is 28.6 Å². The molecule has 2 aromatic heterocycles. The van der Waals surface area contributed by atoms with Crippen LogP contribution in [0.2, 0.25) is 0 Å². The van der Waals surface area contributed by atoms with E-state index in [4.69, 9.17) is 10.5 Å². The Balaban J connectivity index is 1.79. The minimum atomic E-state index is 0.382. The zero-order valence-electron chi connectivity index (χ0n) is 12.3. The van der Waals surface area contributed by atoms with Gasteiger partial charge in [-0.1, -0.05) is 0 Å². The highest BCUT2D eigenvalue weighted by Gasteiger charge is 2.23. The van der Waals surface area contributed by atoms with Crippen LogP contribution < -0.4 is 11.1 Å². The first kappa shape index (κ1) is 14.7. The van der Waals surface area contributed by atoms with Gasteiger partial charge in [0.1, 0.15) is 10.8 Å². The molecule has 3 rings (SSSR count). The van der Waals surface area contributed by atoms with Gasteiger partial charge >= 0.3 is 0 Å². The number of nitrogens with one attached hydrogen (secondary N) is 1. The van der Waals surface area contributed by atoms with Crippen LogP contribution in [0.25, 0.3) is 11.3 Å². The number of rotatable bonds is 4. The third kappa shape index (κ3) is 3.20. The van der Waals surface area contributed by atoms with Crippen molar-refractivity contribution >= 4 is 33.7 Å². The number of nitrogens with two attached hydrogens (primary N) is 1. The van der Waals surface area contributed by atoms with Crippen molar-refractivity contribution in [3.8, 4) is 11.3 Å². The first-order valence-corrected chi connectivity index (χ1v) is 8.82. The highest BCUT2D eigenvalue weighted by molar-refractivity contribution is 7.11. The average Bonchev–Trinajstić information content (AvgIpc) is 3.06. The summed E-state index contributed by atoms with van der Waals surface area (Å²) in [4.78, 5) is 4.54. The molecule has 1 fully saturated rings. The maximum atomic E-state index is 6.04. The van der Waals surface area contributed by atoms with E-state index >= 15 is 0 Å². The summed E-state index contributed by atoms with van der Waals surface area (Å²) < 4.78 is 9.73. The zero-order chi connectivity index (χ0) is 14.8. The molecule has 3 heterocycles. The fourth-order valence-electron chi connectivity index (χ4n) is 2.67. The van der Waals surface area contributed by atoms with Crippen molar-refractivity contribution in [3.63, 3.8) is 0 Å². The third-order valence-electron chi connectivity index (χ3n) is 3.93. The second-order valence-corrected chi connectivity index (χ2v) is 7.24. The first-order valence-electron chi connectivity index (χ1n) is 7.17. The van der Waals surface area contributed by atoms with E-state index < -0.39 is 0 Å². The van der Waals surface area contributed by atoms with Crippen LogP contribution in [0.3, 0.4) is 0 Å². The van der Waals surface area contributed by atoms with E-state index in [-0.39, 0.29) is 0 Å². The van der Waals surface area contributed by atoms with E-state index in [1.54, 1.807) is 11.3 Å². The van der Waals surface area contributed by atoms with Crippen LogP contribution in [0.1, 0.15) is 24.8 Å². The molecule has 1 unspecified atom stereocenters. The maximum absolute atomic E-state index is 6.04. The Bertz CT molecular complexity index is 604. The van der Waals surface area contributed by atoms with Crippen LogP contribution in [0.15, 0.2) is 5.38 Å². The van der Waals surface area contributed by atoms with E-state index in [9.17, 15) is 0 Å². The Morgan fingerprint density at radius 2 is 2.19 bits per heavy atom. The lowest BCUT2D eigenvalue weighted by atomic mass is 9.93. The van der Waals surface area contributed by atoms with Gasteiger partial charge in [-0.2, -0.15) is 4.37 Å². The molecule has 0 aromatic carbocycles. The predicted octanol–water partition coefficient (Wildman–Crippen LogP) is 3.38. The molecule has 1 atom stereocenters. The molecule has 0 radical (unpaired) electrons. The fourth-order valence-corrected chi connectivity index (χ4v) is 4.09. The van der Waals surface area contributed by atoms with Crippen LogP contribution in [-0.2, 0) is 4.74 Å². The summed E-state index contributed by atoms with van der Waals surface area (Å²) in [6.45, 7) is 5.95. The summed E-state index contributed by atoms with van der Waals surface area (Å²) in [7, 11) is 0. The Morgan fingerprint density at radius 1 is 1.43 bits per heavy atom. The number of aromatic nitrogens is 2. The molecular weight excluding hydrogens is 304 g/mol. The Hall–Kier alpha value is -1.18. The monoisotopic (exact) mass is 324 g/mol. The number of thiazole rings is 1.